The molecule has 0 aliphatic carbocycles. The Morgan fingerprint density at radius 2 is 1.62 bits per heavy atom. The molecule has 2 amide bonds. The van der Waals surface area contributed by atoms with Crippen molar-refractivity contribution in [2.45, 2.75) is 27.2 Å². The van der Waals surface area contributed by atoms with Crippen LogP contribution in [0.5, 0.6) is 0 Å². The summed E-state index contributed by atoms with van der Waals surface area (Å²) in [5.41, 5.74) is 4.48. The number of amides is 2. The smallest absolute Gasteiger partial charge is 0.255 e. The van der Waals surface area contributed by atoms with E-state index in [1.165, 1.54) is 24.3 Å². The summed E-state index contributed by atoms with van der Waals surface area (Å²) in [6.45, 7) is 5.86. The summed E-state index contributed by atoms with van der Waals surface area (Å²) in [5, 5.41) is 2.90. The topological polar surface area (TPSA) is 83.6 Å². The number of carbonyl (C=O) groups is 2. The van der Waals surface area contributed by atoms with Crippen molar-refractivity contribution in [1.82, 2.24) is 0 Å². The molecule has 6 nitrogen and oxygen atoms in total. The highest BCUT2D eigenvalue weighted by Gasteiger charge is 2.36. The Kier molecular flexibility index (Phi) is 4.58. The number of aryl methyl sites for hydroxylation is 3. The lowest BCUT2D eigenvalue weighted by Gasteiger charge is -2.16. The highest BCUT2D eigenvalue weighted by atomic mass is 32.2. The first-order valence-electron chi connectivity index (χ1n) is 8.24. The molecule has 26 heavy (non-hydrogen) atoms. The van der Waals surface area contributed by atoms with Crippen molar-refractivity contribution < 1.29 is 18.0 Å². The summed E-state index contributed by atoms with van der Waals surface area (Å²) in [6.07, 6.45) is -0.0173. The average Bonchev–Trinajstić information content (AvgIpc) is 2.84. The van der Waals surface area contributed by atoms with E-state index >= 15 is 0 Å². The van der Waals surface area contributed by atoms with Gasteiger partial charge in [-0.15, -0.1) is 0 Å². The van der Waals surface area contributed by atoms with Crippen LogP contribution in [0.3, 0.4) is 0 Å². The molecule has 0 aromatic heterocycles. The predicted octanol–water partition coefficient (Wildman–Crippen LogP) is 2.93. The van der Waals surface area contributed by atoms with Crippen LogP contribution < -0.4 is 9.62 Å². The minimum Gasteiger partial charge on any atom is -0.322 e. The molecule has 7 heteroatoms. The lowest BCUT2D eigenvalue weighted by molar-refractivity contribution is -0.116. The zero-order valence-electron chi connectivity index (χ0n) is 14.9. The van der Waals surface area contributed by atoms with E-state index in [1.54, 1.807) is 0 Å². The third-order valence-corrected chi connectivity index (χ3v) is 6.05. The van der Waals surface area contributed by atoms with Crippen molar-refractivity contribution in [3.63, 3.8) is 0 Å². The van der Waals surface area contributed by atoms with E-state index in [9.17, 15) is 18.0 Å². The predicted molar refractivity (Wildman–Crippen MR) is 101 cm³/mol. The molecule has 1 saturated heterocycles. The van der Waals surface area contributed by atoms with E-state index in [4.69, 9.17) is 0 Å². The van der Waals surface area contributed by atoms with Gasteiger partial charge >= 0.3 is 0 Å². The van der Waals surface area contributed by atoms with Crippen molar-refractivity contribution >= 4 is 33.2 Å². The van der Waals surface area contributed by atoms with Crippen molar-refractivity contribution in [2.75, 3.05) is 15.4 Å². The second-order valence-corrected chi connectivity index (χ2v) is 8.44. The molecule has 1 heterocycles. The molecule has 3 rings (SSSR count). The number of hydrogen-bond donors (Lipinski definition) is 1. The van der Waals surface area contributed by atoms with Crippen LogP contribution in [0.4, 0.5) is 11.4 Å². The average molecular weight is 372 g/mol. The number of anilines is 2. The highest BCUT2D eigenvalue weighted by molar-refractivity contribution is 7.94. The summed E-state index contributed by atoms with van der Waals surface area (Å²) in [5.74, 6) is -0.921. The molecular weight excluding hydrogens is 352 g/mol. The first-order chi connectivity index (χ1) is 12.2. The van der Waals surface area contributed by atoms with Gasteiger partial charge in [0.15, 0.2) is 0 Å². The van der Waals surface area contributed by atoms with E-state index in [2.05, 4.69) is 5.32 Å². The Morgan fingerprint density at radius 3 is 2.12 bits per heavy atom. The molecule has 0 bridgehead atoms. The van der Waals surface area contributed by atoms with Gasteiger partial charge in [-0.05, 0) is 56.2 Å². The molecule has 0 radical (unpaired) electrons. The standard InChI is InChI=1S/C19H20N2O4S/c1-12-10-13(2)18(14(3)11-12)20-19(23)15-4-6-16(7-5-15)21-17(22)8-9-26(21,24)25/h4-7,10-11H,8-9H2,1-3H3,(H,20,23). The number of rotatable bonds is 3. The zero-order chi connectivity index (χ0) is 19.1. The van der Waals surface area contributed by atoms with Crippen molar-refractivity contribution in [1.29, 1.82) is 0 Å². The fraction of sp³-hybridized carbons (Fsp3) is 0.263. The van der Waals surface area contributed by atoms with Gasteiger partial charge in [-0.25, -0.2) is 12.7 Å². The van der Waals surface area contributed by atoms with Crippen LogP contribution in [0.25, 0.3) is 0 Å². The number of nitrogens with zero attached hydrogens (tertiary/aromatic N) is 1. The van der Waals surface area contributed by atoms with Crippen LogP contribution in [0.1, 0.15) is 33.5 Å². The Labute approximate surface area is 152 Å². The number of sulfonamides is 1. The fourth-order valence-corrected chi connectivity index (χ4v) is 4.64. The molecule has 2 aromatic carbocycles. The molecule has 0 unspecified atom stereocenters. The summed E-state index contributed by atoms with van der Waals surface area (Å²) in [4.78, 5) is 24.3. The summed E-state index contributed by atoms with van der Waals surface area (Å²) in [6, 6.07) is 9.98. The maximum absolute atomic E-state index is 12.5. The molecule has 1 fully saturated rings. The monoisotopic (exact) mass is 372 g/mol. The summed E-state index contributed by atoms with van der Waals surface area (Å²) < 4.78 is 24.7. The minimum atomic E-state index is -3.60. The second kappa shape index (κ2) is 6.57. The first kappa shape index (κ1) is 18.1. The molecule has 0 spiro atoms. The van der Waals surface area contributed by atoms with Gasteiger partial charge in [-0.2, -0.15) is 0 Å². The van der Waals surface area contributed by atoms with Crippen LogP contribution in [0.15, 0.2) is 36.4 Å². The van der Waals surface area contributed by atoms with Gasteiger partial charge in [-0.3, -0.25) is 9.59 Å². The van der Waals surface area contributed by atoms with Crippen LogP contribution >= 0.6 is 0 Å². The Bertz CT molecular complexity index is 972. The number of nitrogens with one attached hydrogen (secondary N) is 1. The molecule has 2 aromatic rings. The normalized spacial score (nSPS) is 16.0. The molecule has 0 atom stereocenters. The van der Waals surface area contributed by atoms with Gasteiger partial charge in [0.05, 0.1) is 11.4 Å². The lowest BCUT2D eigenvalue weighted by Crippen LogP contribution is -2.29. The van der Waals surface area contributed by atoms with Crippen LogP contribution in [0.2, 0.25) is 0 Å². The quantitative estimate of drug-likeness (QED) is 0.898. The third-order valence-electron chi connectivity index (χ3n) is 4.36. The molecule has 1 N–H and O–H groups in total. The van der Waals surface area contributed by atoms with Crippen molar-refractivity contribution in [3.05, 3.63) is 58.7 Å². The Morgan fingerprint density at radius 1 is 1.04 bits per heavy atom. The molecule has 1 aliphatic rings. The maximum Gasteiger partial charge on any atom is 0.255 e. The van der Waals surface area contributed by atoms with Crippen LogP contribution in [0, 0.1) is 20.8 Å². The van der Waals surface area contributed by atoms with Crippen LogP contribution in [-0.2, 0) is 14.8 Å². The zero-order valence-corrected chi connectivity index (χ0v) is 15.7. The number of carbonyl (C=O) groups excluding carboxylic acids is 2. The van der Waals surface area contributed by atoms with E-state index in [-0.39, 0.29) is 23.8 Å². The van der Waals surface area contributed by atoms with Gasteiger partial charge < -0.3 is 5.32 Å². The molecule has 1 aliphatic heterocycles. The summed E-state index contributed by atoms with van der Waals surface area (Å²) in [7, 11) is -3.60. The van der Waals surface area contributed by atoms with Gasteiger partial charge in [0.1, 0.15) is 0 Å². The van der Waals surface area contributed by atoms with Crippen molar-refractivity contribution in [2.24, 2.45) is 0 Å². The number of benzene rings is 2. The van der Waals surface area contributed by atoms with Gasteiger partial charge in [0.2, 0.25) is 15.9 Å². The fourth-order valence-electron chi connectivity index (χ4n) is 3.18. The van der Waals surface area contributed by atoms with Gasteiger partial charge in [0, 0.05) is 17.7 Å². The van der Waals surface area contributed by atoms with E-state index in [1.807, 2.05) is 32.9 Å². The second-order valence-electron chi connectivity index (χ2n) is 6.50. The lowest BCUT2D eigenvalue weighted by atomic mass is 10.0. The largest absolute Gasteiger partial charge is 0.322 e. The number of hydrogen-bond acceptors (Lipinski definition) is 4. The van der Waals surface area contributed by atoms with E-state index in [0.717, 1.165) is 26.7 Å². The van der Waals surface area contributed by atoms with Gasteiger partial charge in [-0.1, -0.05) is 17.7 Å². The summed E-state index contributed by atoms with van der Waals surface area (Å²) >= 11 is 0. The Hall–Kier alpha value is -2.67. The SMILES string of the molecule is Cc1cc(C)c(NC(=O)c2ccc(N3C(=O)CCS3(=O)=O)cc2)c(C)c1. The maximum atomic E-state index is 12.5. The third kappa shape index (κ3) is 3.35. The molecule has 0 saturated carbocycles. The van der Waals surface area contributed by atoms with Crippen molar-refractivity contribution in [3.8, 4) is 0 Å². The van der Waals surface area contributed by atoms with E-state index in [0.29, 0.717) is 5.56 Å². The van der Waals surface area contributed by atoms with Gasteiger partial charge in [0.25, 0.3) is 5.91 Å². The minimum absolute atomic E-state index is 0.0173. The van der Waals surface area contributed by atoms with E-state index < -0.39 is 15.9 Å². The first-order valence-corrected chi connectivity index (χ1v) is 9.85. The molecular formula is C19H20N2O4S. The Balaban J connectivity index is 1.83. The molecule has 136 valence electrons. The van der Waals surface area contributed by atoms with Crippen LogP contribution in [-0.4, -0.2) is 26.0 Å². The highest BCUT2D eigenvalue weighted by Crippen LogP contribution is 2.26.